The summed E-state index contributed by atoms with van der Waals surface area (Å²) in [5, 5.41) is 2.41. The molecule has 0 bridgehead atoms. The van der Waals surface area contributed by atoms with Gasteiger partial charge in [0.2, 0.25) is 11.8 Å². The summed E-state index contributed by atoms with van der Waals surface area (Å²) in [5.74, 6) is -1.12. The topological polar surface area (TPSA) is 52.7 Å². The van der Waals surface area contributed by atoms with Crippen LogP contribution in [-0.2, 0) is 16.1 Å². The molecule has 0 radical (unpaired) electrons. The van der Waals surface area contributed by atoms with E-state index in [0.29, 0.717) is 19.6 Å². The highest BCUT2D eigenvalue weighted by atomic mass is 19.4. The number of alkyl halides is 3. The lowest BCUT2D eigenvalue weighted by molar-refractivity contribution is -0.218. The number of hydrogen-bond donors (Lipinski definition) is 1. The van der Waals surface area contributed by atoms with E-state index < -0.39 is 17.5 Å². The van der Waals surface area contributed by atoms with Crippen molar-refractivity contribution in [3.05, 3.63) is 35.9 Å². The molecule has 166 valence electrons. The second kappa shape index (κ2) is 9.81. The lowest BCUT2D eigenvalue weighted by Crippen LogP contribution is -2.52. The minimum atomic E-state index is -4.64. The molecule has 8 heteroatoms. The molecule has 3 rings (SSSR count). The molecule has 1 N–H and O–H groups in total. The Bertz CT molecular complexity index is 718. The van der Waals surface area contributed by atoms with E-state index in [-0.39, 0.29) is 38.4 Å². The Labute approximate surface area is 175 Å². The predicted molar refractivity (Wildman–Crippen MR) is 107 cm³/mol. The number of benzene rings is 1. The van der Waals surface area contributed by atoms with Gasteiger partial charge in [-0.1, -0.05) is 43.2 Å². The largest absolute Gasteiger partial charge is 0.404 e. The summed E-state index contributed by atoms with van der Waals surface area (Å²) in [6.45, 7) is 1.53. The average molecular weight is 425 g/mol. The van der Waals surface area contributed by atoms with E-state index in [1.54, 1.807) is 9.80 Å². The van der Waals surface area contributed by atoms with E-state index in [9.17, 15) is 22.8 Å². The van der Waals surface area contributed by atoms with Crippen molar-refractivity contribution in [2.75, 3.05) is 32.7 Å². The fourth-order valence-corrected chi connectivity index (χ4v) is 4.34. The monoisotopic (exact) mass is 425 g/mol. The first-order valence-corrected chi connectivity index (χ1v) is 10.7. The van der Waals surface area contributed by atoms with Crippen LogP contribution in [0.1, 0.15) is 44.1 Å². The van der Waals surface area contributed by atoms with Gasteiger partial charge in [-0.2, -0.15) is 13.2 Å². The van der Waals surface area contributed by atoms with Crippen LogP contribution < -0.4 is 5.32 Å². The van der Waals surface area contributed by atoms with Crippen LogP contribution in [0.25, 0.3) is 0 Å². The average Bonchev–Trinajstić information content (AvgIpc) is 2.96. The van der Waals surface area contributed by atoms with Gasteiger partial charge >= 0.3 is 6.18 Å². The van der Waals surface area contributed by atoms with Gasteiger partial charge in [0.15, 0.2) is 5.41 Å². The first kappa shape index (κ1) is 22.6. The molecule has 2 saturated heterocycles. The number of likely N-dealkylation sites (tertiary alicyclic amines) is 2. The highest BCUT2D eigenvalue weighted by Crippen LogP contribution is 2.46. The van der Waals surface area contributed by atoms with E-state index in [1.807, 2.05) is 30.3 Å². The molecule has 5 nitrogen and oxygen atoms in total. The molecule has 2 aliphatic heterocycles. The predicted octanol–water partition coefficient (Wildman–Crippen LogP) is 3.35. The van der Waals surface area contributed by atoms with Gasteiger partial charge in [0.05, 0.1) is 0 Å². The summed E-state index contributed by atoms with van der Waals surface area (Å²) in [4.78, 5) is 28.4. The molecule has 0 aromatic heterocycles. The molecule has 1 atom stereocenters. The third kappa shape index (κ3) is 5.33. The Kier molecular flexibility index (Phi) is 7.39. The van der Waals surface area contributed by atoms with Gasteiger partial charge in [-0.3, -0.25) is 14.5 Å². The molecule has 0 aliphatic carbocycles. The quantitative estimate of drug-likeness (QED) is 0.761. The number of carbonyl (C=O) groups excluding carboxylic acids is 2. The van der Waals surface area contributed by atoms with E-state index >= 15 is 0 Å². The maximum absolute atomic E-state index is 13.9. The molecule has 0 spiro atoms. The molecular weight excluding hydrogens is 395 g/mol. The van der Waals surface area contributed by atoms with Gasteiger partial charge in [-0.05, 0) is 31.4 Å². The minimum Gasteiger partial charge on any atom is -0.355 e. The zero-order valence-corrected chi connectivity index (χ0v) is 17.2. The molecule has 30 heavy (non-hydrogen) atoms. The summed E-state index contributed by atoms with van der Waals surface area (Å²) in [7, 11) is 0. The van der Waals surface area contributed by atoms with Crippen molar-refractivity contribution < 1.29 is 22.8 Å². The molecular formula is C22H30F3N3O2. The van der Waals surface area contributed by atoms with Crippen molar-refractivity contribution in [3.63, 3.8) is 0 Å². The third-order valence-electron chi connectivity index (χ3n) is 6.16. The maximum atomic E-state index is 13.9. The number of carbonyl (C=O) groups is 2. The van der Waals surface area contributed by atoms with Gasteiger partial charge < -0.3 is 10.2 Å². The van der Waals surface area contributed by atoms with Gasteiger partial charge in [0, 0.05) is 39.1 Å². The first-order valence-electron chi connectivity index (χ1n) is 10.7. The van der Waals surface area contributed by atoms with Crippen molar-refractivity contribution in [1.29, 1.82) is 0 Å². The van der Waals surface area contributed by atoms with Crippen molar-refractivity contribution in [2.24, 2.45) is 5.41 Å². The van der Waals surface area contributed by atoms with E-state index in [0.717, 1.165) is 31.2 Å². The zero-order valence-electron chi connectivity index (χ0n) is 17.2. The Balaban J connectivity index is 1.56. The van der Waals surface area contributed by atoms with Crippen molar-refractivity contribution in [2.45, 2.75) is 51.2 Å². The van der Waals surface area contributed by atoms with Crippen molar-refractivity contribution >= 4 is 11.8 Å². The summed E-state index contributed by atoms with van der Waals surface area (Å²) < 4.78 is 41.8. The second-order valence-electron chi connectivity index (χ2n) is 8.33. The molecule has 1 aromatic rings. The van der Waals surface area contributed by atoms with E-state index in [4.69, 9.17) is 0 Å². The minimum absolute atomic E-state index is 0.0351. The lowest BCUT2D eigenvalue weighted by atomic mass is 9.85. The van der Waals surface area contributed by atoms with E-state index in [2.05, 4.69) is 5.32 Å². The number of halogens is 3. The van der Waals surface area contributed by atoms with Crippen LogP contribution in [-0.4, -0.2) is 60.5 Å². The smallest absolute Gasteiger partial charge is 0.355 e. The summed E-state index contributed by atoms with van der Waals surface area (Å²) in [6, 6.07) is 9.27. The molecule has 1 aromatic carbocycles. The molecule has 2 heterocycles. The van der Waals surface area contributed by atoms with Gasteiger partial charge in [-0.25, -0.2) is 0 Å². The summed E-state index contributed by atoms with van der Waals surface area (Å²) >= 11 is 0. The second-order valence-corrected chi connectivity index (χ2v) is 8.33. The molecule has 2 amide bonds. The number of amides is 2. The first-order chi connectivity index (χ1) is 14.3. The van der Waals surface area contributed by atoms with E-state index in [1.165, 1.54) is 0 Å². The third-order valence-corrected chi connectivity index (χ3v) is 6.16. The van der Waals surface area contributed by atoms with Crippen LogP contribution in [0.3, 0.4) is 0 Å². The standard InChI is InChI=1S/C22H30F3N3O2/c23-22(24,25)21(11-15-27(17-21)16-18-8-4-3-5-9-18)20(30)26-12-10-19(29)28-13-6-1-2-7-14-28/h3-5,8-9H,1-2,6-7,10-17H2,(H,26,30). The fraction of sp³-hybridized carbons (Fsp3) is 0.636. The normalized spacial score (nSPS) is 23.2. The highest BCUT2D eigenvalue weighted by Gasteiger charge is 2.62. The highest BCUT2D eigenvalue weighted by molar-refractivity contribution is 5.85. The fourth-order valence-electron chi connectivity index (χ4n) is 4.34. The zero-order chi connectivity index (χ0) is 21.6. The van der Waals surface area contributed by atoms with Crippen LogP contribution in [0.15, 0.2) is 30.3 Å². The lowest BCUT2D eigenvalue weighted by Gasteiger charge is -2.30. The van der Waals surface area contributed by atoms with Crippen molar-refractivity contribution in [3.8, 4) is 0 Å². The van der Waals surface area contributed by atoms with Crippen LogP contribution in [0, 0.1) is 5.41 Å². The van der Waals surface area contributed by atoms with Gasteiger partial charge in [0.1, 0.15) is 0 Å². The number of nitrogens with one attached hydrogen (secondary N) is 1. The number of hydrogen-bond acceptors (Lipinski definition) is 3. The summed E-state index contributed by atoms with van der Waals surface area (Å²) in [5.41, 5.74) is -1.51. The Morgan fingerprint density at radius 3 is 2.30 bits per heavy atom. The Hall–Kier alpha value is -2.09. The number of rotatable bonds is 6. The van der Waals surface area contributed by atoms with Gasteiger partial charge in [0.25, 0.3) is 0 Å². The number of nitrogens with zero attached hydrogens (tertiary/aromatic N) is 2. The van der Waals surface area contributed by atoms with Crippen LogP contribution in [0.5, 0.6) is 0 Å². The van der Waals surface area contributed by atoms with Crippen LogP contribution >= 0.6 is 0 Å². The maximum Gasteiger partial charge on any atom is 0.404 e. The Morgan fingerprint density at radius 1 is 1.00 bits per heavy atom. The summed E-state index contributed by atoms with van der Waals surface area (Å²) in [6.07, 6.45) is -0.790. The molecule has 1 unspecified atom stereocenters. The van der Waals surface area contributed by atoms with Crippen LogP contribution in [0.4, 0.5) is 13.2 Å². The van der Waals surface area contributed by atoms with Crippen LogP contribution in [0.2, 0.25) is 0 Å². The van der Waals surface area contributed by atoms with Crippen molar-refractivity contribution in [1.82, 2.24) is 15.1 Å². The Morgan fingerprint density at radius 2 is 1.67 bits per heavy atom. The molecule has 0 saturated carbocycles. The van der Waals surface area contributed by atoms with Gasteiger partial charge in [-0.15, -0.1) is 0 Å². The molecule has 2 fully saturated rings. The SMILES string of the molecule is O=C(CCNC(=O)C1(C(F)(F)F)CCN(Cc2ccccc2)C1)N1CCCCCC1. The molecule has 2 aliphatic rings.